The van der Waals surface area contributed by atoms with Gasteiger partial charge < -0.3 is 25.4 Å². The lowest BCUT2D eigenvalue weighted by Gasteiger charge is -2.35. The van der Waals surface area contributed by atoms with Crippen LogP contribution in [-0.2, 0) is 6.42 Å². The molecule has 2 amide bonds. The first-order chi connectivity index (χ1) is 13.1. The predicted octanol–water partition coefficient (Wildman–Crippen LogP) is 0.702. The minimum absolute atomic E-state index is 0.0704. The third-order valence-electron chi connectivity index (χ3n) is 4.78. The smallest absolute Gasteiger partial charge is 0.317 e. The Bertz CT molecular complexity index is 791. The highest BCUT2D eigenvalue weighted by atomic mass is 16.5. The second-order valence-electron chi connectivity index (χ2n) is 7.00. The molecule has 2 fully saturated rings. The molecule has 27 heavy (non-hydrogen) atoms. The Morgan fingerprint density at radius 1 is 1.26 bits per heavy atom. The number of rotatable bonds is 5. The normalized spacial score (nSPS) is 17.2. The lowest BCUT2D eigenvalue weighted by atomic mass is 10.3. The summed E-state index contributed by atoms with van der Waals surface area (Å²) in [5.41, 5.74) is 6.56. The molecule has 0 radical (unpaired) electrons. The molecule has 3 heterocycles. The van der Waals surface area contributed by atoms with Crippen molar-refractivity contribution in [3.05, 3.63) is 23.5 Å². The highest BCUT2D eigenvalue weighted by Gasteiger charge is 2.29. The molecule has 2 aromatic heterocycles. The van der Waals surface area contributed by atoms with E-state index in [9.17, 15) is 4.79 Å². The summed E-state index contributed by atoms with van der Waals surface area (Å²) >= 11 is 0. The molecule has 144 valence electrons. The van der Waals surface area contributed by atoms with Crippen LogP contribution in [0.3, 0.4) is 0 Å². The van der Waals surface area contributed by atoms with Gasteiger partial charge in [0.05, 0.1) is 0 Å². The Labute approximate surface area is 157 Å². The van der Waals surface area contributed by atoms with E-state index in [0.29, 0.717) is 50.9 Å². The van der Waals surface area contributed by atoms with Crippen LogP contribution in [0.4, 0.5) is 16.6 Å². The first kappa shape index (κ1) is 17.5. The maximum absolute atomic E-state index is 12.3. The second kappa shape index (κ2) is 7.37. The lowest BCUT2D eigenvalue weighted by Crippen LogP contribution is -2.52. The van der Waals surface area contributed by atoms with Gasteiger partial charge in [-0.25, -0.2) is 9.78 Å². The van der Waals surface area contributed by atoms with Gasteiger partial charge in [-0.3, -0.25) is 0 Å². The number of nitrogen functional groups attached to an aromatic ring is 1. The zero-order chi connectivity index (χ0) is 18.8. The number of nitrogens with zero attached hydrogens (tertiary/aromatic N) is 6. The Hall–Kier alpha value is -2.91. The van der Waals surface area contributed by atoms with Crippen LogP contribution in [0.2, 0.25) is 0 Å². The van der Waals surface area contributed by atoms with Gasteiger partial charge in [-0.05, 0) is 19.8 Å². The van der Waals surface area contributed by atoms with E-state index in [2.05, 4.69) is 30.3 Å². The Kier molecular flexibility index (Phi) is 4.78. The molecule has 0 unspecified atom stereocenters. The van der Waals surface area contributed by atoms with Crippen LogP contribution in [-0.4, -0.2) is 63.8 Å². The van der Waals surface area contributed by atoms with Crippen molar-refractivity contribution >= 4 is 17.8 Å². The zero-order valence-corrected chi connectivity index (χ0v) is 15.4. The van der Waals surface area contributed by atoms with Crippen LogP contribution in [0.15, 0.2) is 10.6 Å². The summed E-state index contributed by atoms with van der Waals surface area (Å²) in [5, 5.41) is 6.89. The fourth-order valence-corrected chi connectivity index (χ4v) is 3.13. The van der Waals surface area contributed by atoms with E-state index in [1.54, 1.807) is 4.90 Å². The number of amides is 2. The third kappa shape index (κ3) is 4.26. The number of piperazine rings is 1. The van der Waals surface area contributed by atoms with Crippen LogP contribution in [0.25, 0.3) is 0 Å². The first-order valence-corrected chi connectivity index (χ1v) is 9.30. The van der Waals surface area contributed by atoms with Crippen LogP contribution in [0.1, 0.15) is 36.2 Å². The SMILES string of the molecule is Cc1cc(N2CCN(C(=O)NCCc3noc(C4CC4)n3)CC2)nc(N)n1. The highest BCUT2D eigenvalue weighted by molar-refractivity contribution is 5.74. The standard InChI is InChI=1S/C17H24N8O2/c1-11-10-14(22-16(18)20-11)24-6-8-25(9-7-24)17(26)19-5-4-13-21-15(27-23-13)12-2-3-12/h10,12H,2-9H2,1H3,(H,19,26)(H2,18,20,22). The number of carbonyl (C=O) groups excluding carboxylic acids is 1. The van der Waals surface area contributed by atoms with E-state index in [1.165, 1.54) is 0 Å². The average molecular weight is 372 g/mol. The Balaban J connectivity index is 1.22. The van der Waals surface area contributed by atoms with Gasteiger partial charge in [0, 0.05) is 56.8 Å². The van der Waals surface area contributed by atoms with Crippen molar-refractivity contribution in [1.82, 2.24) is 30.3 Å². The van der Waals surface area contributed by atoms with Crippen molar-refractivity contribution in [3.63, 3.8) is 0 Å². The first-order valence-electron chi connectivity index (χ1n) is 9.30. The van der Waals surface area contributed by atoms with Crippen molar-refractivity contribution < 1.29 is 9.32 Å². The van der Waals surface area contributed by atoms with Crippen molar-refractivity contribution in [2.24, 2.45) is 0 Å². The molecule has 10 heteroatoms. The lowest BCUT2D eigenvalue weighted by molar-refractivity contribution is 0.194. The average Bonchev–Trinajstić information content (AvgIpc) is 3.40. The summed E-state index contributed by atoms with van der Waals surface area (Å²) in [6, 6.07) is 1.84. The largest absolute Gasteiger partial charge is 0.368 e. The van der Waals surface area contributed by atoms with E-state index in [4.69, 9.17) is 10.3 Å². The van der Waals surface area contributed by atoms with Gasteiger partial charge in [0.25, 0.3) is 0 Å². The maximum atomic E-state index is 12.3. The Morgan fingerprint density at radius 3 is 2.74 bits per heavy atom. The van der Waals surface area contributed by atoms with Crippen molar-refractivity contribution in [3.8, 4) is 0 Å². The number of nitrogens with two attached hydrogens (primary N) is 1. The number of nitrogens with one attached hydrogen (secondary N) is 1. The van der Waals surface area contributed by atoms with Crippen LogP contribution in [0, 0.1) is 6.92 Å². The Morgan fingerprint density at radius 2 is 2.04 bits per heavy atom. The molecule has 0 spiro atoms. The van der Waals surface area contributed by atoms with Crippen molar-refractivity contribution in [1.29, 1.82) is 0 Å². The third-order valence-corrected chi connectivity index (χ3v) is 4.78. The molecule has 0 bridgehead atoms. The molecule has 10 nitrogen and oxygen atoms in total. The van der Waals surface area contributed by atoms with Gasteiger partial charge in [0.2, 0.25) is 11.8 Å². The van der Waals surface area contributed by atoms with Crippen LogP contribution >= 0.6 is 0 Å². The number of hydrogen-bond donors (Lipinski definition) is 2. The maximum Gasteiger partial charge on any atom is 0.317 e. The van der Waals surface area contributed by atoms with Gasteiger partial charge in [-0.1, -0.05) is 5.16 Å². The minimum Gasteiger partial charge on any atom is -0.368 e. The fraction of sp³-hybridized carbons (Fsp3) is 0.588. The number of carbonyl (C=O) groups is 1. The molecule has 4 rings (SSSR count). The van der Waals surface area contributed by atoms with Gasteiger partial charge in [-0.15, -0.1) is 0 Å². The summed E-state index contributed by atoms with van der Waals surface area (Å²) in [5.74, 6) is 2.91. The monoisotopic (exact) mass is 372 g/mol. The molecule has 1 saturated carbocycles. The van der Waals surface area contributed by atoms with Crippen LogP contribution < -0.4 is 16.0 Å². The minimum atomic E-state index is -0.0704. The fourth-order valence-electron chi connectivity index (χ4n) is 3.13. The summed E-state index contributed by atoms with van der Waals surface area (Å²) in [6.07, 6.45) is 2.83. The van der Waals surface area contributed by atoms with Crippen LogP contribution in [0.5, 0.6) is 0 Å². The molecule has 1 aliphatic carbocycles. The van der Waals surface area contributed by atoms with Gasteiger partial charge in [0.1, 0.15) is 5.82 Å². The number of aryl methyl sites for hydroxylation is 1. The number of hydrogen-bond acceptors (Lipinski definition) is 8. The number of urea groups is 1. The molecule has 2 aromatic rings. The molecular weight excluding hydrogens is 348 g/mol. The van der Waals surface area contributed by atoms with Gasteiger partial charge >= 0.3 is 6.03 Å². The summed E-state index contributed by atoms with van der Waals surface area (Å²) in [4.78, 5) is 29.0. The molecule has 3 N–H and O–H groups in total. The van der Waals surface area contributed by atoms with E-state index >= 15 is 0 Å². The van der Waals surface area contributed by atoms with Crippen molar-refractivity contribution in [2.75, 3.05) is 43.4 Å². The summed E-state index contributed by atoms with van der Waals surface area (Å²) in [7, 11) is 0. The highest BCUT2D eigenvalue weighted by Crippen LogP contribution is 2.38. The van der Waals surface area contributed by atoms with E-state index in [0.717, 1.165) is 30.2 Å². The number of anilines is 2. The molecule has 0 atom stereocenters. The molecule has 1 saturated heterocycles. The number of aromatic nitrogens is 4. The summed E-state index contributed by atoms with van der Waals surface area (Å²) in [6.45, 7) is 5.05. The zero-order valence-electron chi connectivity index (χ0n) is 15.4. The van der Waals surface area contributed by atoms with Gasteiger partial charge in [-0.2, -0.15) is 9.97 Å². The van der Waals surface area contributed by atoms with Crippen molar-refractivity contribution in [2.45, 2.75) is 32.1 Å². The van der Waals surface area contributed by atoms with E-state index < -0.39 is 0 Å². The molecule has 2 aliphatic rings. The van der Waals surface area contributed by atoms with Gasteiger partial charge in [0.15, 0.2) is 5.82 Å². The van der Waals surface area contributed by atoms with E-state index in [-0.39, 0.29) is 12.0 Å². The predicted molar refractivity (Wildman–Crippen MR) is 98.3 cm³/mol. The van der Waals surface area contributed by atoms with E-state index in [1.807, 2.05) is 13.0 Å². The topological polar surface area (TPSA) is 126 Å². The molecule has 1 aliphatic heterocycles. The second-order valence-corrected chi connectivity index (χ2v) is 7.00. The quantitative estimate of drug-likeness (QED) is 0.785. The molecule has 0 aromatic carbocycles. The summed E-state index contributed by atoms with van der Waals surface area (Å²) < 4.78 is 5.22. The molecular formula is C17H24N8O2.